The summed E-state index contributed by atoms with van der Waals surface area (Å²) in [6, 6.07) is 0. The van der Waals surface area contributed by atoms with Gasteiger partial charge < -0.3 is 20.5 Å². The third kappa shape index (κ3) is 7.18. The lowest BCUT2D eigenvalue weighted by Gasteiger charge is -2.19. The Hall–Kier alpha value is -0.810. The Morgan fingerprint density at radius 3 is 2.59 bits per heavy atom. The Balaban J connectivity index is 1.94. The van der Waals surface area contributed by atoms with E-state index in [4.69, 9.17) is 4.74 Å². The summed E-state index contributed by atoms with van der Waals surface area (Å²) >= 11 is 0. The molecule has 1 rings (SSSR count). The summed E-state index contributed by atoms with van der Waals surface area (Å²) in [4.78, 5) is 11.3. The van der Waals surface area contributed by atoms with Crippen LogP contribution in [-0.2, 0) is 4.74 Å². The molecule has 0 bridgehead atoms. The Labute approximate surface area is 103 Å². The number of hydrogen-bond acceptors (Lipinski definition) is 4. The zero-order chi connectivity index (χ0) is 12.9. The molecule has 1 unspecified atom stereocenters. The van der Waals surface area contributed by atoms with Crippen molar-refractivity contribution in [2.45, 2.75) is 45.3 Å². The highest BCUT2D eigenvalue weighted by Gasteiger charge is 2.28. The van der Waals surface area contributed by atoms with Crippen LogP contribution in [-0.4, -0.2) is 42.5 Å². The molecule has 0 saturated heterocycles. The second-order valence-corrected chi connectivity index (χ2v) is 5.54. The molecule has 1 fully saturated rings. The maximum Gasteiger partial charge on any atom is 0.407 e. The second-order valence-electron chi connectivity index (χ2n) is 5.54. The summed E-state index contributed by atoms with van der Waals surface area (Å²) in [5.41, 5.74) is -0.459. The number of ether oxygens (including phenoxy) is 1. The molecule has 1 atom stereocenters. The van der Waals surface area contributed by atoms with Gasteiger partial charge in [-0.25, -0.2) is 4.79 Å². The van der Waals surface area contributed by atoms with Gasteiger partial charge in [0, 0.05) is 19.6 Å². The first kappa shape index (κ1) is 14.3. The van der Waals surface area contributed by atoms with E-state index in [-0.39, 0.29) is 6.10 Å². The topological polar surface area (TPSA) is 70.6 Å². The molecule has 1 amide bonds. The van der Waals surface area contributed by atoms with Crippen LogP contribution in [0.15, 0.2) is 0 Å². The van der Waals surface area contributed by atoms with E-state index in [1.807, 2.05) is 20.8 Å². The first-order chi connectivity index (χ1) is 7.88. The average Bonchev–Trinajstić information content (AvgIpc) is 2.96. The molecule has 5 nitrogen and oxygen atoms in total. The largest absolute Gasteiger partial charge is 0.444 e. The number of aliphatic hydroxyl groups excluding tert-OH is 1. The molecular formula is C12H24N2O3. The van der Waals surface area contributed by atoms with Crippen LogP contribution in [0.2, 0.25) is 0 Å². The fourth-order valence-electron chi connectivity index (χ4n) is 1.46. The van der Waals surface area contributed by atoms with Gasteiger partial charge in [-0.2, -0.15) is 0 Å². The molecule has 100 valence electrons. The van der Waals surface area contributed by atoms with Gasteiger partial charge in [0.25, 0.3) is 0 Å². The Bertz CT molecular complexity index is 247. The van der Waals surface area contributed by atoms with Crippen molar-refractivity contribution in [3.05, 3.63) is 0 Å². The van der Waals surface area contributed by atoms with E-state index in [0.29, 0.717) is 25.6 Å². The van der Waals surface area contributed by atoms with Gasteiger partial charge in [-0.05, 0) is 39.5 Å². The second kappa shape index (κ2) is 6.21. The molecule has 0 heterocycles. The maximum atomic E-state index is 11.3. The monoisotopic (exact) mass is 244 g/mol. The number of nitrogens with one attached hydrogen (secondary N) is 2. The first-order valence-corrected chi connectivity index (χ1v) is 6.24. The van der Waals surface area contributed by atoms with E-state index in [9.17, 15) is 9.90 Å². The third-order valence-electron chi connectivity index (χ3n) is 2.49. The number of aliphatic hydroxyl groups is 1. The van der Waals surface area contributed by atoms with E-state index in [1.165, 1.54) is 0 Å². The average molecular weight is 244 g/mol. The molecule has 3 N–H and O–H groups in total. The maximum absolute atomic E-state index is 11.3. The highest BCUT2D eigenvalue weighted by Crippen LogP contribution is 2.32. The van der Waals surface area contributed by atoms with Gasteiger partial charge in [-0.1, -0.05) is 0 Å². The Kier molecular flexibility index (Phi) is 5.21. The van der Waals surface area contributed by atoms with Crippen LogP contribution < -0.4 is 10.6 Å². The van der Waals surface area contributed by atoms with Crippen LogP contribution in [0.3, 0.4) is 0 Å². The molecule has 1 aliphatic rings. The predicted octanol–water partition coefficient (Wildman–Crippen LogP) is 0.872. The lowest BCUT2D eigenvalue weighted by molar-refractivity contribution is 0.0528. The van der Waals surface area contributed by atoms with Crippen LogP contribution in [0.25, 0.3) is 0 Å². The normalized spacial score (nSPS) is 17.6. The van der Waals surface area contributed by atoms with Gasteiger partial charge in [0.05, 0.1) is 6.10 Å². The van der Waals surface area contributed by atoms with Crippen LogP contribution in [0.5, 0.6) is 0 Å². The van der Waals surface area contributed by atoms with Gasteiger partial charge in [0.1, 0.15) is 5.60 Å². The fraction of sp³-hybridized carbons (Fsp3) is 0.917. The molecule has 0 aromatic heterocycles. The van der Waals surface area contributed by atoms with E-state index in [1.54, 1.807) is 0 Å². The molecule has 1 aliphatic carbocycles. The van der Waals surface area contributed by atoms with Gasteiger partial charge in [0.15, 0.2) is 0 Å². The summed E-state index contributed by atoms with van der Waals surface area (Å²) in [5, 5.41) is 15.3. The number of alkyl carbamates (subject to hydrolysis) is 1. The van der Waals surface area contributed by atoms with Crippen molar-refractivity contribution < 1.29 is 14.6 Å². The van der Waals surface area contributed by atoms with E-state index in [0.717, 1.165) is 12.8 Å². The summed E-state index contributed by atoms with van der Waals surface area (Å²) < 4.78 is 5.09. The van der Waals surface area contributed by atoms with Crippen molar-refractivity contribution >= 4 is 6.09 Å². The van der Waals surface area contributed by atoms with Crippen molar-refractivity contribution in [2.75, 3.05) is 19.6 Å². The number of amides is 1. The van der Waals surface area contributed by atoms with Crippen molar-refractivity contribution in [2.24, 2.45) is 5.92 Å². The van der Waals surface area contributed by atoms with Gasteiger partial charge in [-0.3, -0.25) is 0 Å². The molecule has 0 aromatic rings. The molecule has 1 saturated carbocycles. The first-order valence-electron chi connectivity index (χ1n) is 6.24. The fourth-order valence-corrected chi connectivity index (χ4v) is 1.46. The minimum Gasteiger partial charge on any atom is -0.444 e. The molecule has 17 heavy (non-hydrogen) atoms. The zero-order valence-electron chi connectivity index (χ0n) is 11.0. The van der Waals surface area contributed by atoms with Gasteiger partial charge >= 0.3 is 6.09 Å². The van der Waals surface area contributed by atoms with Crippen LogP contribution in [0, 0.1) is 5.92 Å². The minimum atomic E-state index is -0.459. The number of rotatable bonds is 6. The lowest BCUT2D eigenvalue weighted by Crippen LogP contribution is -2.38. The number of hydrogen-bond donors (Lipinski definition) is 3. The van der Waals surface area contributed by atoms with E-state index >= 15 is 0 Å². The Morgan fingerprint density at radius 2 is 2.06 bits per heavy atom. The summed E-state index contributed by atoms with van der Waals surface area (Å²) in [6.07, 6.45) is 1.64. The van der Waals surface area contributed by atoms with Gasteiger partial charge in [-0.15, -0.1) is 0 Å². The van der Waals surface area contributed by atoms with Crippen molar-refractivity contribution in [3.63, 3.8) is 0 Å². The van der Waals surface area contributed by atoms with Crippen LogP contribution in [0.1, 0.15) is 33.6 Å². The standard InChI is InChI=1S/C12H24N2O3/c1-12(2,3)17-11(16)14-7-6-13-8-10(15)9-4-5-9/h9-10,13,15H,4-8H2,1-3H3,(H,14,16). The van der Waals surface area contributed by atoms with Crippen molar-refractivity contribution in [1.82, 2.24) is 10.6 Å². The smallest absolute Gasteiger partial charge is 0.407 e. The minimum absolute atomic E-state index is 0.239. The van der Waals surface area contributed by atoms with Crippen LogP contribution in [0.4, 0.5) is 4.79 Å². The van der Waals surface area contributed by atoms with Gasteiger partial charge in [0.2, 0.25) is 0 Å². The molecule has 0 radical (unpaired) electrons. The summed E-state index contributed by atoms with van der Waals surface area (Å²) in [6.45, 7) is 7.24. The number of carbonyl (C=O) groups is 1. The molecular weight excluding hydrogens is 220 g/mol. The Morgan fingerprint density at radius 1 is 1.41 bits per heavy atom. The van der Waals surface area contributed by atoms with E-state index < -0.39 is 11.7 Å². The number of carbonyl (C=O) groups excluding carboxylic acids is 1. The summed E-state index contributed by atoms with van der Waals surface area (Å²) in [7, 11) is 0. The van der Waals surface area contributed by atoms with Crippen molar-refractivity contribution in [3.8, 4) is 0 Å². The third-order valence-corrected chi connectivity index (χ3v) is 2.49. The zero-order valence-corrected chi connectivity index (χ0v) is 11.0. The highest BCUT2D eigenvalue weighted by molar-refractivity contribution is 5.67. The summed E-state index contributed by atoms with van der Waals surface area (Å²) in [5.74, 6) is 0.487. The quantitative estimate of drug-likeness (QED) is 0.606. The lowest BCUT2D eigenvalue weighted by atomic mass is 10.2. The predicted molar refractivity (Wildman–Crippen MR) is 65.8 cm³/mol. The highest BCUT2D eigenvalue weighted by atomic mass is 16.6. The SMILES string of the molecule is CC(C)(C)OC(=O)NCCNCC(O)C1CC1. The van der Waals surface area contributed by atoms with Crippen LogP contribution >= 0.6 is 0 Å². The molecule has 0 aliphatic heterocycles. The molecule has 0 spiro atoms. The molecule has 0 aromatic carbocycles. The van der Waals surface area contributed by atoms with Crippen molar-refractivity contribution in [1.29, 1.82) is 0 Å². The van der Waals surface area contributed by atoms with E-state index in [2.05, 4.69) is 10.6 Å². The molecule has 5 heteroatoms.